The summed E-state index contributed by atoms with van der Waals surface area (Å²) in [6, 6.07) is 3.69. The van der Waals surface area contributed by atoms with Crippen LogP contribution in [0.5, 0.6) is 5.75 Å². The number of amides is 1. The van der Waals surface area contributed by atoms with Crippen LogP contribution < -0.4 is 10.1 Å². The monoisotopic (exact) mass is 665 g/mol. The van der Waals surface area contributed by atoms with E-state index in [4.69, 9.17) is 37.9 Å². The van der Waals surface area contributed by atoms with Gasteiger partial charge in [0.15, 0.2) is 18.0 Å². The minimum atomic E-state index is -1.80. The van der Waals surface area contributed by atoms with E-state index in [9.17, 15) is 29.3 Å². The zero-order chi connectivity index (χ0) is 34.9. The van der Waals surface area contributed by atoms with Gasteiger partial charge in [-0.15, -0.1) is 0 Å². The zero-order valence-electron chi connectivity index (χ0n) is 26.3. The van der Waals surface area contributed by atoms with Gasteiger partial charge in [-0.25, -0.2) is 19.2 Å². The molecular weight excluding hydrogens is 626 g/mol. The summed E-state index contributed by atoms with van der Waals surface area (Å²) in [5.74, 6) is -2.35. The Kier molecular flexibility index (Phi) is 15.7. The first-order chi connectivity index (χ1) is 22.5. The minimum Gasteiger partial charge on any atom is -0.460 e. The van der Waals surface area contributed by atoms with E-state index in [1.165, 1.54) is 49.2 Å². The number of hydrogen-bond donors (Lipinski definition) is 1. The van der Waals surface area contributed by atoms with E-state index in [0.29, 0.717) is 13.1 Å². The molecule has 0 bridgehead atoms. The molecule has 2 rings (SSSR count). The molecule has 1 saturated heterocycles. The van der Waals surface area contributed by atoms with Gasteiger partial charge in [-0.05, 0) is 18.7 Å². The molecule has 1 aromatic rings. The van der Waals surface area contributed by atoms with Crippen LogP contribution in [-0.2, 0) is 44.6 Å². The number of nitrogens with one attached hydrogen (secondary N) is 1. The number of rotatable bonds is 17. The smallest absolute Gasteiger partial charge is 0.460 e. The number of nitro benzene ring substituents is 1. The lowest BCUT2D eigenvalue weighted by Crippen LogP contribution is -2.60. The van der Waals surface area contributed by atoms with Crippen LogP contribution in [0.25, 0.3) is 0 Å². The summed E-state index contributed by atoms with van der Waals surface area (Å²) in [6.45, 7) is 11.7. The molecule has 1 aliphatic heterocycles. The highest BCUT2D eigenvalue weighted by Gasteiger charge is 2.53. The molecule has 17 nitrogen and oxygen atoms in total. The Morgan fingerprint density at radius 2 is 1.57 bits per heavy atom. The standard InChI is InChI=1S/C30H39N3O14/c1-7-14-40-26(34)24-19(4)23(46-29(36)41-15-8-2)25(47-30(37)42-16-9-3)27(45-24)44-22-11-10-20(17-21(22)33(38)39)18-43-28(35)32(6)13-12-31-5/h7-11,17,19,23-25,27,31H,1-3,12-16,18H2,4-6H3/t19-,23-,24-,25+,27+/m0/s1. The maximum Gasteiger partial charge on any atom is 0.509 e. The SMILES string of the molecule is C=CCOC(=O)O[C@H]1[C@H](Oc2ccc(COC(=O)N(C)CCNC)cc2[N+](=O)[O-])O[C@H](C(=O)OCC=C)[C@@H](C)[C@@H]1OC(=O)OCC=C. The number of carbonyl (C=O) groups is 4. The van der Waals surface area contributed by atoms with Crippen molar-refractivity contribution in [1.82, 2.24) is 10.2 Å². The number of nitrogens with zero attached hydrogens (tertiary/aromatic N) is 2. The second kappa shape index (κ2) is 19.4. The van der Waals surface area contributed by atoms with Gasteiger partial charge in [-0.1, -0.05) is 51.0 Å². The van der Waals surface area contributed by atoms with Crippen molar-refractivity contribution in [3.8, 4) is 5.75 Å². The summed E-state index contributed by atoms with van der Waals surface area (Å²) < 4.78 is 42.7. The van der Waals surface area contributed by atoms with Crippen molar-refractivity contribution in [3.05, 3.63) is 71.8 Å². The van der Waals surface area contributed by atoms with Crippen LogP contribution in [0.3, 0.4) is 0 Å². The van der Waals surface area contributed by atoms with Crippen molar-refractivity contribution in [3.63, 3.8) is 0 Å². The van der Waals surface area contributed by atoms with Crippen LogP contribution in [0.15, 0.2) is 56.2 Å². The summed E-state index contributed by atoms with van der Waals surface area (Å²) in [5.41, 5.74) is -0.346. The van der Waals surface area contributed by atoms with E-state index < -0.39 is 71.3 Å². The van der Waals surface area contributed by atoms with E-state index >= 15 is 0 Å². The summed E-state index contributed by atoms with van der Waals surface area (Å²) >= 11 is 0. The van der Waals surface area contributed by atoms with Crippen LogP contribution in [-0.4, -0.2) is 106 Å². The molecule has 0 unspecified atom stereocenters. The molecule has 17 heteroatoms. The molecule has 1 aliphatic rings. The quantitative estimate of drug-likeness (QED) is 0.0835. The third-order valence-corrected chi connectivity index (χ3v) is 6.38. The Morgan fingerprint density at radius 1 is 0.979 bits per heavy atom. The van der Waals surface area contributed by atoms with Gasteiger partial charge >= 0.3 is 30.1 Å². The van der Waals surface area contributed by atoms with Gasteiger partial charge in [0.2, 0.25) is 12.4 Å². The van der Waals surface area contributed by atoms with Gasteiger partial charge in [0.25, 0.3) is 0 Å². The second-order valence-corrected chi connectivity index (χ2v) is 9.82. The molecule has 0 radical (unpaired) electrons. The molecular formula is C30H39N3O14. The van der Waals surface area contributed by atoms with Crippen molar-refractivity contribution in [2.75, 3.05) is 47.0 Å². The highest BCUT2D eigenvalue weighted by atomic mass is 16.8. The third kappa shape index (κ3) is 11.6. The topological polar surface area (TPSA) is 201 Å². The number of hydrogen-bond acceptors (Lipinski definition) is 15. The van der Waals surface area contributed by atoms with Crippen molar-refractivity contribution in [2.24, 2.45) is 5.92 Å². The predicted octanol–water partition coefficient (Wildman–Crippen LogP) is 3.27. The zero-order valence-corrected chi connectivity index (χ0v) is 26.3. The van der Waals surface area contributed by atoms with Crippen LogP contribution in [0.2, 0.25) is 0 Å². The molecule has 1 amide bonds. The molecule has 0 spiro atoms. The molecule has 0 aliphatic carbocycles. The van der Waals surface area contributed by atoms with Crippen LogP contribution in [0, 0.1) is 16.0 Å². The van der Waals surface area contributed by atoms with Gasteiger partial charge in [0.05, 0.1) is 4.92 Å². The number of likely N-dealkylation sites (N-methyl/N-ethyl adjacent to an activating group) is 2. The molecule has 0 saturated carbocycles. The van der Waals surface area contributed by atoms with Crippen molar-refractivity contribution in [2.45, 2.75) is 38.1 Å². The Hall–Kier alpha value is -5.16. The maximum absolute atomic E-state index is 13.0. The fraction of sp³-hybridized carbons (Fsp3) is 0.467. The molecule has 258 valence electrons. The van der Waals surface area contributed by atoms with Crippen LogP contribution in [0.4, 0.5) is 20.1 Å². The summed E-state index contributed by atoms with van der Waals surface area (Å²) in [6.07, 6.45) is -5.69. The van der Waals surface area contributed by atoms with E-state index in [2.05, 4.69) is 25.1 Å². The Labute approximate surface area is 271 Å². The van der Waals surface area contributed by atoms with Gasteiger partial charge in [-0.2, -0.15) is 0 Å². The number of carbonyl (C=O) groups excluding carboxylic acids is 4. The van der Waals surface area contributed by atoms with Gasteiger partial charge in [0, 0.05) is 32.1 Å². The molecule has 1 fully saturated rings. The highest BCUT2D eigenvalue weighted by Crippen LogP contribution is 2.36. The highest BCUT2D eigenvalue weighted by molar-refractivity contribution is 5.75. The molecule has 1 N–H and O–H groups in total. The van der Waals surface area contributed by atoms with Crippen LogP contribution in [0.1, 0.15) is 12.5 Å². The van der Waals surface area contributed by atoms with Crippen molar-refractivity contribution < 1.29 is 62.0 Å². The fourth-order valence-electron chi connectivity index (χ4n) is 4.05. The molecule has 0 aromatic heterocycles. The summed E-state index contributed by atoms with van der Waals surface area (Å²) in [4.78, 5) is 62.9. The van der Waals surface area contributed by atoms with E-state index in [1.54, 1.807) is 7.05 Å². The molecule has 1 aromatic carbocycles. The number of ether oxygens (including phenoxy) is 8. The first-order valence-electron chi connectivity index (χ1n) is 14.2. The van der Waals surface area contributed by atoms with E-state index in [-0.39, 0.29) is 32.0 Å². The average molecular weight is 666 g/mol. The molecule has 47 heavy (non-hydrogen) atoms. The average Bonchev–Trinajstić information content (AvgIpc) is 3.05. The second-order valence-electron chi connectivity index (χ2n) is 9.82. The number of esters is 1. The summed E-state index contributed by atoms with van der Waals surface area (Å²) in [5, 5.41) is 15.0. The molecule has 1 heterocycles. The Morgan fingerprint density at radius 3 is 2.15 bits per heavy atom. The largest absolute Gasteiger partial charge is 0.509 e. The first-order valence-corrected chi connectivity index (χ1v) is 14.2. The fourth-order valence-corrected chi connectivity index (χ4v) is 4.05. The van der Waals surface area contributed by atoms with Gasteiger partial charge < -0.3 is 48.1 Å². The van der Waals surface area contributed by atoms with Crippen molar-refractivity contribution >= 4 is 30.1 Å². The first kappa shape index (κ1) is 38.0. The number of benzene rings is 1. The van der Waals surface area contributed by atoms with Crippen molar-refractivity contribution in [1.29, 1.82) is 0 Å². The van der Waals surface area contributed by atoms with E-state index in [0.717, 1.165) is 6.07 Å². The minimum absolute atomic E-state index is 0.194. The lowest BCUT2D eigenvalue weighted by Gasteiger charge is -2.42. The van der Waals surface area contributed by atoms with Gasteiger partial charge in [0.1, 0.15) is 26.4 Å². The number of nitro groups is 1. The third-order valence-electron chi connectivity index (χ3n) is 6.38. The molecule has 5 atom stereocenters. The Balaban J connectivity index is 2.47. The maximum atomic E-state index is 13.0. The Bertz CT molecular complexity index is 1290. The normalized spacial score (nSPS) is 20.0. The summed E-state index contributed by atoms with van der Waals surface area (Å²) in [7, 11) is 3.26. The van der Waals surface area contributed by atoms with Gasteiger partial charge in [-0.3, -0.25) is 10.1 Å². The lowest BCUT2D eigenvalue weighted by molar-refractivity contribution is -0.387. The predicted molar refractivity (Wildman–Crippen MR) is 162 cm³/mol. The lowest BCUT2D eigenvalue weighted by atomic mass is 9.90. The van der Waals surface area contributed by atoms with Crippen LogP contribution >= 0.6 is 0 Å². The van der Waals surface area contributed by atoms with E-state index in [1.807, 2.05) is 0 Å².